The van der Waals surface area contributed by atoms with Gasteiger partial charge in [0.05, 0.1) is 24.7 Å². The zero-order valence-electron chi connectivity index (χ0n) is 11.6. The van der Waals surface area contributed by atoms with Crippen LogP contribution in [0.2, 0.25) is 0 Å². The molecule has 0 aliphatic carbocycles. The molecule has 0 saturated carbocycles. The quantitative estimate of drug-likeness (QED) is 0.895. The third-order valence-electron chi connectivity index (χ3n) is 3.65. The van der Waals surface area contributed by atoms with E-state index >= 15 is 0 Å². The maximum atomic E-state index is 12.7. The maximum absolute atomic E-state index is 12.7. The third kappa shape index (κ3) is 2.96. The molecule has 1 amide bonds. The Bertz CT molecular complexity index is 431. The lowest BCUT2D eigenvalue weighted by atomic mass is 9.94. The van der Waals surface area contributed by atoms with Gasteiger partial charge in [0.25, 0.3) is 0 Å². The van der Waals surface area contributed by atoms with E-state index in [-0.39, 0.29) is 17.4 Å². The second-order valence-electron chi connectivity index (χ2n) is 5.55. The van der Waals surface area contributed by atoms with Crippen LogP contribution in [0, 0.1) is 0 Å². The van der Waals surface area contributed by atoms with Crippen LogP contribution in [0.5, 0.6) is 0 Å². The molecule has 2 N–H and O–H groups in total. The van der Waals surface area contributed by atoms with Crippen LogP contribution >= 0.6 is 0 Å². The van der Waals surface area contributed by atoms with Crippen molar-refractivity contribution in [3.63, 3.8) is 0 Å². The Morgan fingerprint density at radius 3 is 2.68 bits per heavy atom. The van der Waals surface area contributed by atoms with Crippen LogP contribution in [-0.2, 0) is 9.53 Å². The molecule has 0 spiro atoms. The van der Waals surface area contributed by atoms with Crippen molar-refractivity contribution < 1.29 is 9.53 Å². The second kappa shape index (κ2) is 5.72. The van der Waals surface area contributed by atoms with Crippen LogP contribution in [0.25, 0.3) is 0 Å². The van der Waals surface area contributed by atoms with Gasteiger partial charge in [-0.2, -0.15) is 0 Å². The van der Waals surface area contributed by atoms with Crippen molar-refractivity contribution in [2.45, 2.75) is 25.3 Å². The molecule has 1 aliphatic rings. The van der Waals surface area contributed by atoms with Gasteiger partial charge in [0.2, 0.25) is 5.91 Å². The molecule has 0 bridgehead atoms. The summed E-state index contributed by atoms with van der Waals surface area (Å²) in [6.45, 7) is 6.20. The molecule has 19 heavy (non-hydrogen) atoms. The third-order valence-corrected chi connectivity index (χ3v) is 3.65. The zero-order chi connectivity index (χ0) is 13.9. The Kier molecular flexibility index (Phi) is 4.22. The van der Waals surface area contributed by atoms with Crippen LogP contribution in [-0.4, -0.2) is 42.6 Å². The fraction of sp³-hybridized carbons (Fsp3) is 0.533. The molecule has 1 aliphatic heterocycles. The lowest BCUT2D eigenvalue weighted by Gasteiger charge is -2.43. The Morgan fingerprint density at radius 2 is 2.11 bits per heavy atom. The highest BCUT2D eigenvalue weighted by Crippen LogP contribution is 2.25. The Hall–Kier alpha value is -1.39. The molecule has 0 radical (unpaired) electrons. The van der Waals surface area contributed by atoms with Crippen LogP contribution in [0.4, 0.5) is 0 Å². The van der Waals surface area contributed by atoms with Gasteiger partial charge in [0, 0.05) is 13.1 Å². The Labute approximate surface area is 114 Å². The predicted octanol–water partition coefficient (Wildman–Crippen LogP) is 1.37. The minimum atomic E-state index is -0.266. The maximum Gasteiger partial charge on any atom is 0.232 e. The SMILES string of the molecule is CC1(C)COCCN1C(=O)C(CN)c1ccccc1. The van der Waals surface area contributed by atoms with Crippen molar-refractivity contribution in [2.75, 3.05) is 26.3 Å². The van der Waals surface area contributed by atoms with Crippen LogP contribution < -0.4 is 5.73 Å². The molecule has 2 rings (SSSR count). The number of hydrogen-bond donors (Lipinski definition) is 1. The number of carbonyl (C=O) groups excluding carboxylic acids is 1. The summed E-state index contributed by atoms with van der Waals surface area (Å²) < 4.78 is 5.46. The van der Waals surface area contributed by atoms with Gasteiger partial charge in [-0.3, -0.25) is 4.79 Å². The minimum absolute atomic E-state index is 0.0991. The van der Waals surface area contributed by atoms with Gasteiger partial charge < -0.3 is 15.4 Å². The van der Waals surface area contributed by atoms with Crippen molar-refractivity contribution in [1.29, 1.82) is 0 Å². The summed E-state index contributed by atoms with van der Waals surface area (Å²) in [5.41, 5.74) is 6.54. The summed E-state index contributed by atoms with van der Waals surface area (Å²) in [5.74, 6) is -0.166. The van der Waals surface area contributed by atoms with Crippen LogP contribution in [0.15, 0.2) is 30.3 Å². The first-order chi connectivity index (χ1) is 9.06. The van der Waals surface area contributed by atoms with Crippen LogP contribution in [0.1, 0.15) is 25.3 Å². The van der Waals surface area contributed by atoms with E-state index in [9.17, 15) is 4.79 Å². The monoisotopic (exact) mass is 262 g/mol. The van der Waals surface area contributed by atoms with E-state index in [1.165, 1.54) is 0 Å². The number of morpholine rings is 1. The molecular formula is C15H22N2O2. The van der Waals surface area contributed by atoms with Gasteiger partial charge in [-0.15, -0.1) is 0 Å². The van der Waals surface area contributed by atoms with Crippen molar-refractivity contribution in [2.24, 2.45) is 5.73 Å². The summed E-state index contributed by atoms with van der Waals surface area (Å²) in [6.07, 6.45) is 0. The van der Waals surface area contributed by atoms with Crippen molar-refractivity contribution in [1.82, 2.24) is 4.90 Å². The average Bonchev–Trinajstić information content (AvgIpc) is 2.40. The molecule has 0 aromatic heterocycles. The smallest absolute Gasteiger partial charge is 0.232 e. The summed E-state index contributed by atoms with van der Waals surface area (Å²) in [4.78, 5) is 14.6. The van der Waals surface area contributed by atoms with Crippen LogP contribution in [0.3, 0.4) is 0 Å². The highest BCUT2D eigenvalue weighted by molar-refractivity contribution is 5.84. The molecule has 1 unspecified atom stereocenters. The molecule has 4 heteroatoms. The first kappa shape index (κ1) is 14.0. The number of carbonyl (C=O) groups is 1. The lowest BCUT2D eigenvalue weighted by Crippen LogP contribution is -2.57. The molecule has 1 saturated heterocycles. The molecule has 1 atom stereocenters. The number of ether oxygens (including phenoxy) is 1. The first-order valence-electron chi connectivity index (χ1n) is 6.70. The normalized spacial score (nSPS) is 20.1. The fourth-order valence-electron chi connectivity index (χ4n) is 2.52. The molecule has 104 valence electrons. The highest BCUT2D eigenvalue weighted by Gasteiger charge is 2.37. The van der Waals surface area contributed by atoms with Gasteiger partial charge in [0.1, 0.15) is 0 Å². The molecular weight excluding hydrogens is 240 g/mol. The largest absolute Gasteiger partial charge is 0.377 e. The van der Waals surface area contributed by atoms with Crippen molar-refractivity contribution in [3.8, 4) is 0 Å². The van der Waals surface area contributed by atoms with E-state index in [1.807, 2.05) is 49.1 Å². The first-order valence-corrected chi connectivity index (χ1v) is 6.70. The zero-order valence-corrected chi connectivity index (χ0v) is 11.6. The number of hydrogen-bond acceptors (Lipinski definition) is 3. The average molecular weight is 262 g/mol. The molecule has 1 fully saturated rings. The fourth-order valence-corrected chi connectivity index (χ4v) is 2.52. The van der Waals surface area contributed by atoms with E-state index in [1.54, 1.807) is 0 Å². The molecule has 1 heterocycles. The standard InChI is InChI=1S/C15H22N2O2/c1-15(2)11-19-9-8-17(15)14(18)13(10-16)12-6-4-3-5-7-12/h3-7,13H,8-11,16H2,1-2H3. The van der Waals surface area contributed by atoms with E-state index < -0.39 is 0 Å². The van der Waals surface area contributed by atoms with E-state index in [0.29, 0.717) is 26.3 Å². The summed E-state index contributed by atoms with van der Waals surface area (Å²) in [7, 11) is 0. The van der Waals surface area contributed by atoms with Gasteiger partial charge in [-0.05, 0) is 19.4 Å². The van der Waals surface area contributed by atoms with Crippen molar-refractivity contribution in [3.05, 3.63) is 35.9 Å². The molecule has 1 aromatic rings. The highest BCUT2D eigenvalue weighted by atomic mass is 16.5. The number of nitrogens with two attached hydrogens (primary N) is 1. The summed E-state index contributed by atoms with van der Waals surface area (Å²) >= 11 is 0. The van der Waals surface area contributed by atoms with E-state index in [4.69, 9.17) is 10.5 Å². The number of amides is 1. The van der Waals surface area contributed by atoms with E-state index in [2.05, 4.69) is 0 Å². The van der Waals surface area contributed by atoms with Gasteiger partial charge >= 0.3 is 0 Å². The van der Waals surface area contributed by atoms with Gasteiger partial charge in [0.15, 0.2) is 0 Å². The number of benzene rings is 1. The van der Waals surface area contributed by atoms with E-state index in [0.717, 1.165) is 5.56 Å². The summed E-state index contributed by atoms with van der Waals surface area (Å²) in [5, 5.41) is 0. The topological polar surface area (TPSA) is 55.6 Å². The minimum Gasteiger partial charge on any atom is -0.377 e. The summed E-state index contributed by atoms with van der Waals surface area (Å²) in [6, 6.07) is 9.75. The predicted molar refractivity (Wildman–Crippen MR) is 74.8 cm³/mol. The molecule has 4 nitrogen and oxygen atoms in total. The van der Waals surface area contributed by atoms with Crippen molar-refractivity contribution >= 4 is 5.91 Å². The van der Waals surface area contributed by atoms with Gasteiger partial charge in [-0.1, -0.05) is 30.3 Å². The Balaban J connectivity index is 2.21. The number of rotatable bonds is 3. The van der Waals surface area contributed by atoms with Gasteiger partial charge in [-0.25, -0.2) is 0 Å². The number of nitrogens with zero attached hydrogens (tertiary/aromatic N) is 1. The second-order valence-corrected chi connectivity index (χ2v) is 5.55. The molecule has 1 aromatic carbocycles. The lowest BCUT2D eigenvalue weighted by molar-refractivity contribution is -0.147. The Morgan fingerprint density at radius 1 is 1.42 bits per heavy atom.